The molecule has 1 N–H and O–H groups in total. The molecule has 104 valence electrons. The molecule has 1 aromatic carbocycles. The van der Waals surface area contributed by atoms with Gasteiger partial charge in [-0.15, -0.1) is 0 Å². The number of nitrogens with zero attached hydrogens (tertiary/aromatic N) is 1. The Morgan fingerprint density at radius 2 is 2.40 bits per heavy atom. The first-order valence-electron chi connectivity index (χ1n) is 6.06. The van der Waals surface area contributed by atoms with Crippen LogP contribution in [0.25, 0.3) is 21.9 Å². The van der Waals surface area contributed by atoms with E-state index in [0.29, 0.717) is 12.2 Å². The van der Waals surface area contributed by atoms with Crippen LogP contribution in [-0.4, -0.2) is 22.7 Å². The lowest BCUT2D eigenvalue weighted by Crippen LogP contribution is -2.07. The van der Waals surface area contributed by atoms with Crippen LogP contribution in [0.15, 0.2) is 27.7 Å². The van der Waals surface area contributed by atoms with Crippen molar-refractivity contribution < 1.29 is 14.1 Å². The smallest absolute Gasteiger partial charge is 0.311 e. The first kappa shape index (κ1) is 13.7. The molecule has 0 bridgehead atoms. The normalized spacial score (nSPS) is 11.3. The predicted molar refractivity (Wildman–Crippen MR) is 86.1 cm³/mol. The van der Waals surface area contributed by atoms with Crippen molar-refractivity contribution >= 4 is 58.0 Å². The summed E-state index contributed by atoms with van der Waals surface area (Å²) in [5, 5.41) is 5.65. The minimum absolute atomic E-state index is 0.165. The van der Waals surface area contributed by atoms with E-state index in [4.69, 9.17) is 9.26 Å². The van der Waals surface area contributed by atoms with Crippen LogP contribution >= 0.6 is 30.1 Å². The van der Waals surface area contributed by atoms with Gasteiger partial charge in [0.1, 0.15) is 5.03 Å². The number of carbonyl (C=O) groups excluding carboxylic acids is 1. The lowest BCUT2D eigenvalue weighted by molar-refractivity contribution is -0.142. The molecule has 0 amide bonds. The maximum Gasteiger partial charge on any atom is 0.311 e. The first-order chi connectivity index (χ1) is 9.72. The van der Waals surface area contributed by atoms with Crippen molar-refractivity contribution in [3.05, 3.63) is 23.9 Å². The Morgan fingerprint density at radius 1 is 1.55 bits per heavy atom. The lowest BCUT2D eigenvalue weighted by Gasteiger charge is -1.99. The fourth-order valence-corrected chi connectivity index (χ4v) is 3.16. The molecule has 2 aromatic heterocycles. The maximum atomic E-state index is 11.6. The van der Waals surface area contributed by atoms with Crippen LogP contribution in [0, 0.1) is 0 Å². The van der Waals surface area contributed by atoms with E-state index >= 15 is 0 Å². The van der Waals surface area contributed by atoms with Crippen molar-refractivity contribution in [2.75, 3.05) is 6.61 Å². The Morgan fingerprint density at radius 3 is 3.15 bits per heavy atom. The SMILES string of the molecule is CCOC(=O)Cc1[nH]oc2ccc3nc(SI)cc3c12. The van der Waals surface area contributed by atoms with Gasteiger partial charge in [-0.25, -0.2) is 10.1 Å². The van der Waals surface area contributed by atoms with E-state index in [0.717, 1.165) is 27.0 Å². The largest absolute Gasteiger partial charge is 0.466 e. The Balaban J connectivity index is 2.13. The average Bonchev–Trinajstić information content (AvgIpc) is 3.02. The Hall–Kier alpha value is -1.22. The zero-order chi connectivity index (χ0) is 14.1. The number of rotatable bonds is 4. The van der Waals surface area contributed by atoms with E-state index in [9.17, 15) is 4.79 Å². The van der Waals surface area contributed by atoms with Gasteiger partial charge in [0, 0.05) is 26.6 Å². The number of H-pyrrole nitrogens is 1. The molecule has 2 heterocycles. The number of hydrogen-bond donors (Lipinski definition) is 1. The van der Waals surface area contributed by atoms with Gasteiger partial charge >= 0.3 is 5.97 Å². The van der Waals surface area contributed by atoms with Crippen LogP contribution < -0.4 is 0 Å². The molecule has 0 saturated heterocycles. The summed E-state index contributed by atoms with van der Waals surface area (Å²) in [6.45, 7) is 2.16. The van der Waals surface area contributed by atoms with Crippen LogP contribution in [0.2, 0.25) is 0 Å². The van der Waals surface area contributed by atoms with Gasteiger partial charge in [0.15, 0.2) is 5.58 Å². The maximum absolute atomic E-state index is 11.6. The monoisotopic (exact) mass is 402 g/mol. The molecule has 20 heavy (non-hydrogen) atoms. The third-order valence-corrected chi connectivity index (χ3v) is 4.70. The summed E-state index contributed by atoms with van der Waals surface area (Å²) in [6.07, 6.45) is 0.165. The summed E-state index contributed by atoms with van der Waals surface area (Å²) in [6, 6.07) is 5.78. The third kappa shape index (κ3) is 2.39. The van der Waals surface area contributed by atoms with Crippen LogP contribution in [-0.2, 0) is 16.0 Å². The van der Waals surface area contributed by atoms with Gasteiger partial charge in [-0.3, -0.25) is 4.79 Å². The highest BCUT2D eigenvalue weighted by Crippen LogP contribution is 2.33. The second-order valence-electron chi connectivity index (χ2n) is 4.21. The van der Waals surface area contributed by atoms with Gasteiger partial charge in [-0.05, 0) is 34.1 Å². The topological polar surface area (TPSA) is 68.1 Å². The second kappa shape index (κ2) is 5.65. The van der Waals surface area contributed by atoms with Crippen molar-refractivity contribution in [3.8, 4) is 0 Å². The van der Waals surface area contributed by atoms with Gasteiger partial charge in [0.05, 0.1) is 29.6 Å². The molecule has 7 heteroatoms. The number of hydrogen-bond acceptors (Lipinski definition) is 5. The molecule has 0 aliphatic carbocycles. The van der Waals surface area contributed by atoms with Crippen molar-refractivity contribution in [3.63, 3.8) is 0 Å². The van der Waals surface area contributed by atoms with Crippen molar-refractivity contribution in [1.29, 1.82) is 0 Å². The highest BCUT2D eigenvalue weighted by molar-refractivity contribution is 14.2. The molecule has 0 radical (unpaired) electrons. The molecule has 0 fully saturated rings. The van der Waals surface area contributed by atoms with Gasteiger partial charge in [-0.1, -0.05) is 0 Å². The number of carbonyl (C=O) groups is 1. The molecule has 0 spiro atoms. The molecule has 0 unspecified atom stereocenters. The molecule has 0 aliphatic rings. The number of fused-ring (bicyclic) bond motifs is 3. The van der Waals surface area contributed by atoms with E-state index < -0.39 is 0 Å². The van der Waals surface area contributed by atoms with Crippen LogP contribution in [0.3, 0.4) is 0 Å². The van der Waals surface area contributed by atoms with Crippen LogP contribution in [0.5, 0.6) is 0 Å². The molecule has 0 atom stereocenters. The summed E-state index contributed by atoms with van der Waals surface area (Å²) in [5.41, 5.74) is 2.34. The van der Waals surface area contributed by atoms with Crippen LogP contribution in [0.4, 0.5) is 0 Å². The Kier molecular flexibility index (Phi) is 3.88. The quantitative estimate of drug-likeness (QED) is 0.530. The minimum Gasteiger partial charge on any atom is -0.466 e. The number of benzene rings is 1. The Bertz CT molecular complexity index is 780. The van der Waals surface area contributed by atoms with E-state index in [2.05, 4.69) is 31.3 Å². The number of ether oxygens (including phenoxy) is 1. The minimum atomic E-state index is -0.272. The lowest BCUT2D eigenvalue weighted by atomic mass is 10.1. The number of aromatic nitrogens is 2. The van der Waals surface area contributed by atoms with Crippen molar-refractivity contribution in [1.82, 2.24) is 10.1 Å². The standard InChI is InChI=1S/C13H11IN2O3S/c1-2-18-12(17)6-9-13-7-5-11(20-14)15-8(7)3-4-10(13)19-16-9/h3-5,16H,2,6H2,1H3. The molecular formula is C13H11IN2O3S. The molecular weight excluding hydrogens is 391 g/mol. The molecule has 5 nitrogen and oxygen atoms in total. The number of halogens is 1. The molecule has 0 saturated carbocycles. The summed E-state index contributed by atoms with van der Waals surface area (Å²) in [4.78, 5) is 16.1. The third-order valence-electron chi connectivity index (χ3n) is 2.97. The van der Waals surface area contributed by atoms with E-state index in [1.54, 1.807) is 15.9 Å². The van der Waals surface area contributed by atoms with Crippen LogP contribution in [0.1, 0.15) is 12.6 Å². The van der Waals surface area contributed by atoms with E-state index in [1.165, 1.54) is 0 Å². The van der Waals surface area contributed by atoms with Crippen molar-refractivity contribution in [2.45, 2.75) is 18.4 Å². The van der Waals surface area contributed by atoms with E-state index in [-0.39, 0.29) is 12.4 Å². The number of esters is 1. The molecule has 3 aromatic rings. The summed E-state index contributed by atoms with van der Waals surface area (Å²) in [5.74, 6) is -0.272. The zero-order valence-corrected chi connectivity index (χ0v) is 13.6. The van der Waals surface area contributed by atoms with Gasteiger partial charge in [-0.2, -0.15) is 0 Å². The van der Waals surface area contributed by atoms with Gasteiger partial charge < -0.3 is 9.26 Å². The number of nitrogens with one attached hydrogen (secondary N) is 1. The van der Waals surface area contributed by atoms with Crippen molar-refractivity contribution in [2.24, 2.45) is 0 Å². The average molecular weight is 402 g/mol. The molecule has 3 rings (SSSR count). The second-order valence-corrected chi connectivity index (χ2v) is 6.10. The molecule has 0 aliphatic heterocycles. The van der Waals surface area contributed by atoms with Gasteiger partial charge in [0.2, 0.25) is 0 Å². The summed E-state index contributed by atoms with van der Waals surface area (Å²) >= 11 is 2.20. The number of aromatic amines is 1. The first-order valence-corrected chi connectivity index (χ1v) is 9.42. The van der Waals surface area contributed by atoms with Gasteiger partial charge in [0.25, 0.3) is 0 Å². The van der Waals surface area contributed by atoms with E-state index in [1.807, 2.05) is 18.2 Å². The predicted octanol–water partition coefficient (Wildman–Crippen LogP) is 3.86. The highest BCUT2D eigenvalue weighted by atomic mass is 127. The highest BCUT2D eigenvalue weighted by Gasteiger charge is 2.16. The zero-order valence-electron chi connectivity index (χ0n) is 10.6. The summed E-state index contributed by atoms with van der Waals surface area (Å²) < 4.78 is 10.4. The summed E-state index contributed by atoms with van der Waals surface area (Å²) in [7, 11) is 1.56. The Labute approximate surface area is 131 Å². The fraction of sp³-hybridized carbons (Fsp3) is 0.231. The fourth-order valence-electron chi connectivity index (χ4n) is 2.19.